The zero-order valence-electron chi connectivity index (χ0n) is 11.5. The van der Waals surface area contributed by atoms with Gasteiger partial charge in [-0.15, -0.1) is 0 Å². The van der Waals surface area contributed by atoms with Crippen LogP contribution in [0.5, 0.6) is 0 Å². The molecular formula is C15H21NO3. The fraction of sp³-hybridized carbons (Fsp3) is 0.467. The van der Waals surface area contributed by atoms with Gasteiger partial charge in [0.05, 0.1) is 11.3 Å². The van der Waals surface area contributed by atoms with E-state index in [-0.39, 0.29) is 11.5 Å². The first-order valence-electron chi connectivity index (χ1n) is 6.69. The average molecular weight is 263 g/mol. The van der Waals surface area contributed by atoms with Crippen molar-refractivity contribution in [3.05, 3.63) is 29.3 Å². The Kier molecular flexibility index (Phi) is 6.06. The van der Waals surface area contributed by atoms with Gasteiger partial charge in [-0.3, -0.25) is 4.79 Å². The van der Waals surface area contributed by atoms with E-state index in [1.165, 1.54) is 6.07 Å². The molecule has 0 fully saturated rings. The van der Waals surface area contributed by atoms with Crippen molar-refractivity contribution in [1.82, 2.24) is 0 Å². The number of carbonyl (C=O) groups excluding carboxylic acids is 1. The smallest absolute Gasteiger partial charge is 0.337 e. The third kappa shape index (κ3) is 4.73. The molecule has 0 aliphatic rings. The molecular weight excluding hydrogens is 242 g/mol. The maximum Gasteiger partial charge on any atom is 0.337 e. The number of hydrogen-bond donors (Lipinski definition) is 2. The van der Waals surface area contributed by atoms with E-state index in [2.05, 4.69) is 12.2 Å². The molecule has 2 N–H and O–H groups in total. The van der Waals surface area contributed by atoms with Crippen molar-refractivity contribution in [3.8, 4) is 0 Å². The molecule has 19 heavy (non-hydrogen) atoms. The molecule has 0 radical (unpaired) electrons. The SMILES string of the molecule is CCCCCCC(=O)Nc1c(C)cccc1C(=O)O. The van der Waals surface area contributed by atoms with E-state index in [1.54, 1.807) is 19.1 Å². The summed E-state index contributed by atoms with van der Waals surface area (Å²) in [6.45, 7) is 3.91. The van der Waals surface area contributed by atoms with Crippen LogP contribution in [-0.2, 0) is 4.79 Å². The minimum absolute atomic E-state index is 0.118. The molecule has 0 saturated carbocycles. The van der Waals surface area contributed by atoms with Gasteiger partial charge in [0.1, 0.15) is 0 Å². The minimum Gasteiger partial charge on any atom is -0.478 e. The predicted octanol–water partition coefficient (Wildman–Crippen LogP) is 3.60. The molecule has 0 aromatic heterocycles. The van der Waals surface area contributed by atoms with E-state index in [4.69, 9.17) is 5.11 Å². The summed E-state index contributed by atoms with van der Waals surface area (Å²) in [5.41, 5.74) is 1.32. The van der Waals surface area contributed by atoms with Gasteiger partial charge in [0.15, 0.2) is 0 Å². The summed E-state index contributed by atoms with van der Waals surface area (Å²) in [6.07, 6.45) is 4.56. The van der Waals surface area contributed by atoms with Crippen LogP contribution in [0.25, 0.3) is 0 Å². The molecule has 4 nitrogen and oxygen atoms in total. The summed E-state index contributed by atoms with van der Waals surface area (Å²) >= 11 is 0. The van der Waals surface area contributed by atoms with E-state index in [1.807, 2.05) is 0 Å². The van der Waals surface area contributed by atoms with Crippen molar-refractivity contribution in [2.75, 3.05) is 5.32 Å². The van der Waals surface area contributed by atoms with Crippen LogP contribution < -0.4 is 5.32 Å². The zero-order chi connectivity index (χ0) is 14.3. The molecule has 1 aromatic rings. The number of carboxylic acids is 1. The number of benzene rings is 1. The first kappa shape index (κ1) is 15.2. The minimum atomic E-state index is -1.02. The third-order valence-electron chi connectivity index (χ3n) is 3.03. The summed E-state index contributed by atoms with van der Waals surface area (Å²) < 4.78 is 0. The Morgan fingerprint density at radius 3 is 2.58 bits per heavy atom. The van der Waals surface area contributed by atoms with Gasteiger partial charge in [-0.1, -0.05) is 38.3 Å². The topological polar surface area (TPSA) is 66.4 Å². The van der Waals surface area contributed by atoms with Crippen LogP contribution in [0.1, 0.15) is 54.9 Å². The highest BCUT2D eigenvalue weighted by molar-refractivity contribution is 6.01. The first-order chi connectivity index (χ1) is 9.06. The number of carbonyl (C=O) groups is 2. The quantitative estimate of drug-likeness (QED) is 0.738. The largest absolute Gasteiger partial charge is 0.478 e. The number of carboxylic acid groups (broad SMARTS) is 1. The number of para-hydroxylation sites is 1. The molecule has 0 bridgehead atoms. The van der Waals surface area contributed by atoms with Crippen molar-refractivity contribution in [2.24, 2.45) is 0 Å². The van der Waals surface area contributed by atoms with E-state index in [9.17, 15) is 9.59 Å². The van der Waals surface area contributed by atoms with E-state index >= 15 is 0 Å². The van der Waals surface area contributed by atoms with Crippen LogP contribution in [-0.4, -0.2) is 17.0 Å². The molecule has 0 saturated heterocycles. The maximum absolute atomic E-state index is 11.8. The summed E-state index contributed by atoms with van der Waals surface area (Å²) in [5.74, 6) is -1.14. The molecule has 0 spiro atoms. The van der Waals surface area contributed by atoms with Crippen molar-refractivity contribution in [1.29, 1.82) is 0 Å². The summed E-state index contributed by atoms with van der Waals surface area (Å²) in [4.78, 5) is 22.9. The molecule has 0 heterocycles. The molecule has 0 aliphatic heterocycles. The summed E-state index contributed by atoms with van der Waals surface area (Å²) in [7, 11) is 0. The number of aryl methyl sites for hydroxylation is 1. The summed E-state index contributed by atoms with van der Waals surface area (Å²) in [5, 5.41) is 11.8. The molecule has 0 unspecified atom stereocenters. The molecule has 1 rings (SSSR count). The van der Waals surface area contributed by atoms with Gasteiger partial charge in [-0.25, -0.2) is 4.79 Å². The first-order valence-corrected chi connectivity index (χ1v) is 6.69. The predicted molar refractivity (Wildman–Crippen MR) is 75.5 cm³/mol. The van der Waals surface area contributed by atoms with Gasteiger partial charge in [-0.05, 0) is 25.0 Å². The highest BCUT2D eigenvalue weighted by atomic mass is 16.4. The molecule has 4 heteroatoms. The van der Waals surface area contributed by atoms with E-state index in [0.29, 0.717) is 12.1 Å². The standard InChI is InChI=1S/C15H21NO3/c1-3-4-5-6-10-13(17)16-14-11(2)8-7-9-12(14)15(18)19/h7-9H,3-6,10H2,1-2H3,(H,16,17)(H,18,19). The number of hydrogen-bond acceptors (Lipinski definition) is 2. The van der Waals surface area contributed by atoms with E-state index in [0.717, 1.165) is 31.2 Å². The Morgan fingerprint density at radius 2 is 1.95 bits per heavy atom. The lowest BCUT2D eigenvalue weighted by molar-refractivity contribution is -0.116. The second-order valence-electron chi connectivity index (χ2n) is 4.66. The lowest BCUT2D eigenvalue weighted by atomic mass is 10.1. The zero-order valence-corrected chi connectivity index (χ0v) is 11.5. The van der Waals surface area contributed by atoms with Crippen LogP contribution in [0.15, 0.2) is 18.2 Å². The fourth-order valence-electron chi connectivity index (χ4n) is 1.93. The van der Waals surface area contributed by atoms with Gasteiger partial charge < -0.3 is 10.4 Å². The lowest BCUT2D eigenvalue weighted by Crippen LogP contribution is -2.15. The van der Waals surface area contributed by atoms with Crippen molar-refractivity contribution < 1.29 is 14.7 Å². The van der Waals surface area contributed by atoms with Crippen LogP contribution in [0.2, 0.25) is 0 Å². The Morgan fingerprint density at radius 1 is 1.21 bits per heavy atom. The monoisotopic (exact) mass is 263 g/mol. The Bertz CT molecular complexity index is 455. The second kappa shape index (κ2) is 7.56. The maximum atomic E-state index is 11.8. The average Bonchev–Trinajstić information content (AvgIpc) is 2.37. The second-order valence-corrected chi connectivity index (χ2v) is 4.66. The van der Waals surface area contributed by atoms with Gasteiger partial charge in [0.2, 0.25) is 5.91 Å². The van der Waals surface area contributed by atoms with Crippen molar-refractivity contribution in [3.63, 3.8) is 0 Å². The number of anilines is 1. The Labute approximate surface area is 113 Å². The number of aromatic carboxylic acids is 1. The van der Waals surface area contributed by atoms with Crippen LogP contribution in [0.3, 0.4) is 0 Å². The third-order valence-corrected chi connectivity index (χ3v) is 3.03. The molecule has 0 aliphatic carbocycles. The van der Waals surface area contributed by atoms with Crippen molar-refractivity contribution >= 4 is 17.6 Å². The van der Waals surface area contributed by atoms with E-state index < -0.39 is 5.97 Å². The van der Waals surface area contributed by atoms with Gasteiger partial charge in [-0.2, -0.15) is 0 Å². The van der Waals surface area contributed by atoms with Crippen LogP contribution >= 0.6 is 0 Å². The number of rotatable bonds is 7. The highest BCUT2D eigenvalue weighted by Crippen LogP contribution is 2.21. The summed E-state index contributed by atoms with van der Waals surface area (Å²) in [6, 6.07) is 4.97. The van der Waals surface area contributed by atoms with Gasteiger partial charge in [0.25, 0.3) is 0 Å². The van der Waals surface area contributed by atoms with Crippen molar-refractivity contribution in [2.45, 2.75) is 46.0 Å². The molecule has 1 amide bonds. The van der Waals surface area contributed by atoms with Crippen LogP contribution in [0, 0.1) is 6.92 Å². The lowest BCUT2D eigenvalue weighted by Gasteiger charge is -2.11. The molecule has 104 valence electrons. The number of nitrogens with one attached hydrogen (secondary N) is 1. The Hall–Kier alpha value is -1.84. The van der Waals surface area contributed by atoms with Gasteiger partial charge >= 0.3 is 5.97 Å². The van der Waals surface area contributed by atoms with Gasteiger partial charge in [0, 0.05) is 6.42 Å². The highest BCUT2D eigenvalue weighted by Gasteiger charge is 2.14. The Balaban J connectivity index is 2.66. The fourth-order valence-corrected chi connectivity index (χ4v) is 1.93. The van der Waals surface area contributed by atoms with Crippen LogP contribution in [0.4, 0.5) is 5.69 Å². The number of amides is 1. The molecule has 1 aromatic carbocycles. The normalized spacial score (nSPS) is 10.2. The molecule has 0 atom stereocenters. The number of unbranched alkanes of at least 4 members (excludes halogenated alkanes) is 3.